The van der Waals surface area contributed by atoms with Crippen molar-refractivity contribution in [1.82, 2.24) is 5.32 Å². The highest BCUT2D eigenvalue weighted by atomic mass is 16.7. The molecule has 0 saturated carbocycles. The number of carbonyl (C=O) groups excluding carboxylic acids is 1. The number of nitrogens with one attached hydrogen (secondary N) is 1. The van der Waals surface area contributed by atoms with E-state index < -0.39 is 18.3 Å². The molecule has 0 bridgehead atoms. The molecule has 1 saturated heterocycles. The molecule has 1 aromatic rings. The Balaban J connectivity index is 2.31. The quantitative estimate of drug-likeness (QED) is 0.842. The van der Waals surface area contributed by atoms with Crippen molar-refractivity contribution in [2.75, 3.05) is 6.61 Å². The highest BCUT2D eigenvalue weighted by Crippen LogP contribution is 2.36. The van der Waals surface area contributed by atoms with Gasteiger partial charge in [0.15, 0.2) is 0 Å². The predicted molar refractivity (Wildman–Crippen MR) is 95.9 cm³/mol. The van der Waals surface area contributed by atoms with Crippen LogP contribution in [0.4, 0.5) is 0 Å². The van der Waals surface area contributed by atoms with Crippen LogP contribution in [0.1, 0.15) is 58.8 Å². The molecule has 5 nitrogen and oxygen atoms in total. The minimum absolute atomic E-state index is 0.0646. The van der Waals surface area contributed by atoms with Gasteiger partial charge >= 0.3 is 7.12 Å². The van der Waals surface area contributed by atoms with Crippen LogP contribution < -0.4 is 15.5 Å². The first-order valence-electron chi connectivity index (χ1n) is 8.50. The summed E-state index contributed by atoms with van der Waals surface area (Å²) in [5, 5.41) is 2.89. The fourth-order valence-electron chi connectivity index (χ4n) is 2.47. The van der Waals surface area contributed by atoms with E-state index in [0.717, 1.165) is 5.46 Å². The average molecular weight is 333 g/mol. The predicted octanol–water partition coefficient (Wildman–Crippen LogP) is 2.52. The van der Waals surface area contributed by atoms with E-state index in [1.165, 1.54) is 0 Å². The van der Waals surface area contributed by atoms with Crippen molar-refractivity contribution in [2.24, 2.45) is 0 Å². The lowest BCUT2D eigenvalue weighted by atomic mass is 9.78. The van der Waals surface area contributed by atoms with E-state index in [1.807, 2.05) is 60.6 Å². The van der Waals surface area contributed by atoms with Crippen LogP contribution in [-0.4, -0.2) is 36.9 Å². The monoisotopic (exact) mass is 333 g/mol. The summed E-state index contributed by atoms with van der Waals surface area (Å²) in [5.41, 5.74) is 0.554. The average Bonchev–Trinajstić information content (AvgIpc) is 2.67. The van der Waals surface area contributed by atoms with E-state index >= 15 is 0 Å². The topological polar surface area (TPSA) is 56.8 Å². The molecule has 1 aliphatic heterocycles. The Hall–Kier alpha value is -1.53. The number of hydrogen-bond donors (Lipinski definition) is 1. The Morgan fingerprint density at radius 1 is 1.21 bits per heavy atom. The maximum Gasteiger partial charge on any atom is 0.494 e. The second-order valence-corrected chi connectivity index (χ2v) is 7.41. The molecule has 0 unspecified atom stereocenters. The zero-order chi connectivity index (χ0) is 18.1. The smallest absolute Gasteiger partial charge is 0.493 e. The molecule has 1 N–H and O–H groups in total. The van der Waals surface area contributed by atoms with Gasteiger partial charge < -0.3 is 19.4 Å². The summed E-state index contributed by atoms with van der Waals surface area (Å²) in [4.78, 5) is 12.3. The van der Waals surface area contributed by atoms with E-state index in [4.69, 9.17) is 14.0 Å². The Morgan fingerprint density at radius 3 is 2.29 bits per heavy atom. The fraction of sp³-hybridized carbons (Fsp3) is 0.611. The first-order chi connectivity index (χ1) is 11.1. The summed E-state index contributed by atoms with van der Waals surface area (Å²) < 4.78 is 17.8. The SMILES string of the molecule is CCOc1cc(B2OC(C)(C)C(C)(C)O2)ccc1C(=O)NC(C)C. The van der Waals surface area contributed by atoms with Gasteiger partial charge in [-0.3, -0.25) is 4.79 Å². The third-order valence-corrected chi connectivity index (χ3v) is 4.50. The highest BCUT2D eigenvalue weighted by Gasteiger charge is 2.51. The lowest BCUT2D eigenvalue weighted by molar-refractivity contribution is 0.00578. The van der Waals surface area contributed by atoms with Crippen LogP contribution in [-0.2, 0) is 9.31 Å². The Bertz CT molecular complexity index is 597. The van der Waals surface area contributed by atoms with Crippen molar-refractivity contribution in [2.45, 2.75) is 65.7 Å². The van der Waals surface area contributed by atoms with E-state index in [0.29, 0.717) is 17.9 Å². The Morgan fingerprint density at radius 2 is 1.79 bits per heavy atom. The molecule has 0 atom stereocenters. The fourth-order valence-corrected chi connectivity index (χ4v) is 2.47. The number of carbonyl (C=O) groups is 1. The minimum Gasteiger partial charge on any atom is -0.493 e. The molecule has 2 rings (SSSR count). The zero-order valence-corrected chi connectivity index (χ0v) is 15.7. The first-order valence-corrected chi connectivity index (χ1v) is 8.50. The largest absolute Gasteiger partial charge is 0.494 e. The van der Waals surface area contributed by atoms with Gasteiger partial charge in [-0.15, -0.1) is 0 Å². The normalized spacial score (nSPS) is 18.8. The summed E-state index contributed by atoms with van der Waals surface area (Å²) in [6.45, 7) is 14.3. The second kappa shape index (κ2) is 6.77. The maximum absolute atomic E-state index is 12.3. The number of ether oxygens (including phenoxy) is 1. The molecule has 0 spiro atoms. The molecule has 0 aromatic heterocycles. The molecule has 1 aliphatic rings. The van der Waals surface area contributed by atoms with E-state index in [1.54, 1.807) is 6.07 Å². The summed E-state index contributed by atoms with van der Waals surface area (Å²) in [7, 11) is -0.476. The van der Waals surface area contributed by atoms with Gasteiger partial charge in [-0.1, -0.05) is 6.07 Å². The molecule has 1 fully saturated rings. The van der Waals surface area contributed by atoms with E-state index in [9.17, 15) is 4.79 Å². The molecule has 6 heteroatoms. The second-order valence-electron chi connectivity index (χ2n) is 7.41. The van der Waals surface area contributed by atoms with Crippen LogP contribution in [0.15, 0.2) is 18.2 Å². The molecule has 132 valence electrons. The zero-order valence-electron chi connectivity index (χ0n) is 15.7. The summed E-state index contributed by atoms with van der Waals surface area (Å²) >= 11 is 0. The van der Waals surface area contributed by atoms with Crippen molar-refractivity contribution in [3.05, 3.63) is 23.8 Å². The van der Waals surface area contributed by atoms with E-state index in [-0.39, 0.29) is 11.9 Å². The molecular formula is C18H28BNO4. The van der Waals surface area contributed by atoms with E-state index in [2.05, 4.69) is 5.32 Å². The lowest BCUT2D eigenvalue weighted by Gasteiger charge is -2.32. The maximum atomic E-state index is 12.3. The van der Waals surface area contributed by atoms with Gasteiger partial charge in [-0.2, -0.15) is 0 Å². The first kappa shape index (κ1) is 18.8. The van der Waals surface area contributed by atoms with Gasteiger partial charge in [0.2, 0.25) is 0 Å². The van der Waals surface area contributed by atoms with Crippen LogP contribution in [0, 0.1) is 0 Å². The Kier molecular flexibility index (Phi) is 5.30. The van der Waals surface area contributed by atoms with Gasteiger partial charge in [0.05, 0.1) is 23.4 Å². The number of rotatable bonds is 5. The van der Waals surface area contributed by atoms with Gasteiger partial charge in [0, 0.05) is 6.04 Å². The molecule has 1 heterocycles. The lowest BCUT2D eigenvalue weighted by Crippen LogP contribution is -2.41. The number of hydrogen-bond acceptors (Lipinski definition) is 4. The van der Waals surface area contributed by atoms with Crippen LogP contribution in [0.2, 0.25) is 0 Å². The summed E-state index contributed by atoms with van der Waals surface area (Å²) in [6, 6.07) is 5.53. The van der Waals surface area contributed by atoms with Crippen LogP contribution in [0.25, 0.3) is 0 Å². The summed E-state index contributed by atoms with van der Waals surface area (Å²) in [5.74, 6) is 0.400. The molecular weight excluding hydrogens is 305 g/mol. The molecule has 0 radical (unpaired) electrons. The molecule has 1 amide bonds. The van der Waals surface area contributed by atoms with Crippen molar-refractivity contribution in [3.63, 3.8) is 0 Å². The van der Waals surface area contributed by atoms with Crippen LogP contribution >= 0.6 is 0 Å². The van der Waals surface area contributed by atoms with Crippen molar-refractivity contribution < 1.29 is 18.8 Å². The third kappa shape index (κ3) is 3.76. The molecule has 1 aromatic carbocycles. The van der Waals surface area contributed by atoms with Crippen molar-refractivity contribution in [3.8, 4) is 5.75 Å². The van der Waals surface area contributed by atoms with Gasteiger partial charge in [0.25, 0.3) is 5.91 Å². The van der Waals surface area contributed by atoms with Crippen molar-refractivity contribution >= 4 is 18.5 Å². The van der Waals surface area contributed by atoms with Crippen LogP contribution in [0.5, 0.6) is 5.75 Å². The minimum atomic E-state index is -0.476. The number of amides is 1. The molecule has 24 heavy (non-hydrogen) atoms. The summed E-state index contributed by atoms with van der Waals surface area (Å²) in [6.07, 6.45) is 0. The number of benzene rings is 1. The highest BCUT2D eigenvalue weighted by molar-refractivity contribution is 6.62. The van der Waals surface area contributed by atoms with Gasteiger partial charge in [-0.25, -0.2) is 0 Å². The van der Waals surface area contributed by atoms with Crippen molar-refractivity contribution in [1.29, 1.82) is 0 Å². The van der Waals surface area contributed by atoms with Gasteiger partial charge in [0.1, 0.15) is 5.75 Å². The Labute approximate surface area is 145 Å². The molecule has 0 aliphatic carbocycles. The standard InChI is InChI=1S/C18H28BNO4/c1-8-22-15-11-13(9-10-14(15)16(21)20-12(2)3)19-23-17(4,5)18(6,7)24-19/h9-12H,8H2,1-7H3,(H,20,21). The van der Waals surface area contributed by atoms with Crippen LogP contribution in [0.3, 0.4) is 0 Å². The van der Waals surface area contributed by atoms with Gasteiger partial charge in [-0.05, 0) is 66.1 Å². The third-order valence-electron chi connectivity index (χ3n) is 4.50.